The molecule has 5 nitrogen and oxygen atoms in total. The molecule has 0 bridgehead atoms. The van der Waals surface area contributed by atoms with Gasteiger partial charge in [-0.1, -0.05) is 30.6 Å². The topological polar surface area (TPSA) is 53.7 Å². The Morgan fingerprint density at radius 2 is 1.69 bits per heavy atom. The number of benzene rings is 2. The third kappa shape index (κ3) is 2.69. The van der Waals surface area contributed by atoms with Gasteiger partial charge in [0.25, 0.3) is 0 Å². The normalized spacial score (nSPS) is 11.7. The SMILES string of the molecule is CCCCc1ccc2c(c1)Oc1cc(OC)c(OC)cc1-c1nocc1-2. The molecule has 0 spiro atoms. The summed E-state index contributed by atoms with van der Waals surface area (Å²) >= 11 is 0. The molecule has 0 N–H and O–H groups in total. The highest BCUT2D eigenvalue weighted by Crippen LogP contribution is 2.49. The first-order chi connectivity index (χ1) is 12.7. The van der Waals surface area contributed by atoms with Gasteiger partial charge in [-0.15, -0.1) is 0 Å². The van der Waals surface area contributed by atoms with Crippen molar-refractivity contribution in [3.05, 3.63) is 42.2 Å². The van der Waals surface area contributed by atoms with E-state index in [4.69, 9.17) is 18.7 Å². The lowest BCUT2D eigenvalue weighted by Gasteiger charge is -2.14. The van der Waals surface area contributed by atoms with Crippen LogP contribution in [-0.2, 0) is 6.42 Å². The summed E-state index contributed by atoms with van der Waals surface area (Å²) in [4.78, 5) is 0. The van der Waals surface area contributed by atoms with Crippen molar-refractivity contribution in [3.63, 3.8) is 0 Å². The number of aromatic nitrogens is 1. The van der Waals surface area contributed by atoms with Crippen molar-refractivity contribution in [1.29, 1.82) is 0 Å². The zero-order chi connectivity index (χ0) is 18.1. The minimum atomic E-state index is 0.613. The van der Waals surface area contributed by atoms with Crippen LogP contribution >= 0.6 is 0 Å². The maximum Gasteiger partial charge on any atom is 0.164 e. The first-order valence-corrected chi connectivity index (χ1v) is 8.77. The quantitative estimate of drug-likeness (QED) is 0.477. The van der Waals surface area contributed by atoms with E-state index in [1.807, 2.05) is 12.1 Å². The van der Waals surface area contributed by atoms with E-state index in [1.54, 1.807) is 20.5 Å². The lowest BCUT2D eigenvalue weighted by atomic mass is 9.99. The molecule has 5 heteroatoms. The van der Waals surface area contributed by atoms with E-state index < -0.39 is 0 Å². The molecule has 0 saturated carbocycles. The van der Waals surface area contributed by atoms with Crippen molar-refractivity contribution in [1.82, 2.24) is 5.16 Å². The highest BCUT2D eigenvalue weighted by Gasteiger charge is 2.26. The molecular weight excluding hydrogens is 330 g/mol. The molecule has 134 valence electrons. The molecule has 0 amide bonds. The van der Waals surface area contributed by atoms with Crippen molar-refractivity contribution >= 4 is 0 Å². The summed E-state index contributed by atoms with van der Waals surface area (Å²) in [7, 11) is 3.22. The predicted octanol–water partition coefficient (Wildman–Crippen LogP) is 5.47. The van der Waals surface area contributed by atoms with Crippen LogP contribution in [0.5, 0.6) is 23.0 Å². The first kappa shape index (κ1) is 16.5. The molecule has 1 aromatic heterocycles. The van der Waals surface area contributed by atoms with Crippen LogP contribution in [0.1, 0.15) is 25.3 Å². The number of hydrogen-bond acceptors (Lipinski definition) is 5. The molecule has 4 rings (SSSR count). The molecule has 0 atom stereocenters. The minimum absolute atomic E-state index is 0.613. The van der Waals surface area contributed by atoms with Gasteiger partial charge in [-0.2, -0.15) is 0 Å². The monoisotopic (exact) mass is 351 g/mol. The fourth-order valence-corrected chi connectivity index (χ4v) is 3.28. The van der Waals surface area contributed by atoms with Crippen LogP contribution in [0.25, 0.3) is 22.4 Å². The molecule has 1 aliphatic rings. The summed E-state index contributed by atoms with van der Waals surface area (Å²) in [5.74, 6) is 2.71. The largest absolute Gasteiger partial charge is 0.493 e. The van der Waals surface area contributed by atoms with Crippen LogP contribution in [0.15, 0.2) is 41.1 Å². The van der Waals surface area contributed by atoms with Crippen LogP contribution in [0.4, 0.5) is 0 Å². The molecule has 2 aromatic carbocycles. The molecule has 2 heterocycles. The molecule has 0 saturated heterocycles. The van der Waals surface area contributed by atoms with Gasteiger partial charge in [0.15, 0.2) is 11.5 Å². The molecule has 26 heavy (non-hydrogen) atoms. The molecule has 0 aliphatic carbocycles. The van der Waals surface area contributed by atoms with Gasteiger partial charge in [-0.05, 0) is 30.5 Å². The lowest BCUT2D eigenvalue weighted by Crippen LogP contribution is -1.94. The number of hydrogen-bond donors (Lipinski definition) is 0. The van der Waals surface area contributed by atoms with E-state index in [0.29, 0.717) is 17.2 Å². The summed E-state index contributed by atoms with van der Waals surface area (Å²) in [6.07, 6.45) is 5.00. The Bertz CT molecular complexity index is 945. The van der Waals surface area contributed by atoms with Crippen molar-refractivity contribution in [3.8, 4) is 45.4 Å². The number of aryl methyl sites for hydroxylation is 1. The third-order valence-electron chi connectivity index (χ3n) is 4.69. The molecular formula is C21H21NO4. The molecule has 3 aromatic rings. The summed E-state index contributed by atoms with van der Waals surface area (Å²) < 4.78 is 22.4. The summed E-state index contributed by atoms with van der Waals surface area (Å²) in [5.41, 5.74) is 4.69. The molecule has 1 aliphatic heterocycles. The van der Waals surface area contributed by atoms with Crippen molar-refractivity contribution in [2.75, 3.05) is 14.2 Å². The summed E-state index contributed by atoms with van der Waals surface area (Å²) in [6.45, 7) is 2.19. The third-order valence-corrected chi connectivity index (χ3v) is 4.69. The number of ether oxygens (including phenoxy) is 3. The van der Waals surface area contributed by atoms with Gasteiger partial charge in [0, 0.05) is 11.6 Å². The minimum Gasteiger partial charge on any atom is -0.493 e. The Morgan fingerprint density at radius 3 is 2.46 bits per heavy atom. The van der Waals surface area contributed by atoms with Gasteiger partial charge >= 0.3 is 0 Å². The second-order valence-electron chi connectivity index (χ2n) is 6.32. The van der Waals surface area contributed by atoms with Crippen molar-refractivity contribution in [2.24, 2.45) is 0 Å². The maximum absolute atomic E-state index is 6.29. The van der Waals surface area contributed by atoms with E-state index in [0.717, 1.165) is 47.4 Å². The second-order valence-corrected chi connectivity index (χ2v) is 6.32. The van der Waals surface area contributed by atoms with Crippen molar-refractivity contribution < 1.29 is 18.7 Å². The predicted molar refractivity (Wildman–Crippen MR) is 99.2 cm³/mol. The standard InChI is InChI=1S/C21H21NO4/c1-4-5-6-13-7-8-14-16-12-25-22-21(16)15-10-19(23-2)20(24-3)11-18(15)26-17(14)9-13/h7-12H,4-6H2,1-3H3. The molecule has 0 unspecified atom stereocenters. The number of unbranched alkanes of at least 4 members (excludes halogenated alkanes) is 1. The number of methoxy groups -OCH3 is 2. The smallest absolute Gasteiger partial charge is 0.164 e. The van der Waals surface area contributed by atoms with E-state index >= 15 is 0 Å². The lowest BCUT2D eigenvalue weighted by molar-refractivity contribution is 0.352. The number of fused-ring (bicyclic) bond motifs is 5. The van der Waals surface area contributed by atoms with Gasteiger partial charge in [0.2, 0.25) is 0 Å². The summed E-state index contributed by atoms with van der Waals surface area (Å²) in [5, 5.41) is 4.21. The Morgan fingerprint density at radius 1 is 0.923 bits per heavy atom. The van der Waals surface area contributed by atoms with Crippen LogP contribution in [0.2, 0.25) is 0 Å². The first-order valence-electron chi connectivity index (χ1n) is 8.77. The van der Waals surface area contributed by atoms with Crippen molar-refractivity contribution in [2.45, 2.75) is 26.2 Å². The van der Waals surface area contributed by atoms with Crippen LogP contribution in [0.3, 0.4) is 0 Å². The van der Waals surface area contributed by atoms with Crippen LogP contribution < -0.4 is 14.2 Å². The maximum atomic E-state index is 6.29. The zero-order valence-corrected chi connectivity index (χ0v) is 15.2. The van der Waals surface area contributed by atoms with E-state index in [-0.39, 0.29) is 0 Å². The Balaban J connectivity index is 1.89. The Kier molecular flexibility index (Phi) is 4.29. The number of nitrogens with zero attached hydrogens (tertiary/aromatic N) is 1. The van der Waals surface area contributed by atoms with Gasteiger partial charge in [0.1, 0.15) is 23.5 Å². The fraction of sp³-hybridized carbons (Fsp3) is 0.286. The van der Waals surface area contributed by atoms with Gasteiger partial charge in [0.05, 0.1) is 25.3 Å². The van der Waals surface area contributed by atoms with E-state index in [1.165, 1.54) is 5.56 Å². The molecule has 0 radical (unpaired) electrons. The van der Waals surface area contributed by atoms with Gasteiger partial charge in [-0.25, -0.2) is 0 Å². The summed E-state index contributed by atoms with van der Waals surface area (Å²) in [6, 6.07) is 10.0. The zero-order valence-electron chi connectivity index (χ0n) is 15.2. The van der Waals surface area contributed by atoms with Gasteiger partial charge in [-0.3, -0.25) is 0 Å². The second kappa shape index (κ2) is 6.75. The Labute approximate surface area is 152 Å². The average molecular weight is 351 g/mol. The van der Waals surface area contributed by atoms with Gasteiger partial charge < -0.3 is 18.7 Å². The average Bonchev–Trinajstić information content (AvgIpc) is 3.11. The Hall–Kier alpha value is -2.95. The highest BCUT2D eigenvalue weighted by atomic mass is 16.5. The highest BCUT2D eigenvalue weighted by molar-refractivity contribution is 5.89. The van der Waals surface area contributed by atoms with Crippen LogP contribution in [-0.4, -0.2) is 19.4 Å². The fourth-order valence-electron chi connectivity index (χ4n) is 3.28. The number of rotatable bonds is 5. The molecule has 0 fully saturated rings. The van der Waals surface area contributed by atoms with E-state index in [9.17, 15) is 0 Å². The van der Waals surface area contributed by atoms with E-state index in [2.05, 4.69) is 30.3 Å². The van der Waals surface area contributed by atoms with Crippen LogP contribution in [0, 0.1) is 0 Å².